The number of rotatable bonds is 4. The highest BCUT2D eigenvalue weighted by Crippen LogP contribution is 2.39. The molecule has 22 heavy (non-hydrogen) atoms. The van der Waals surface area contributed by atoms with Crippen LogP contribution in [0.15, 0.2) is 11.6 Å². The molecule has 3 fully saturated rings. The fourth-order valence-corrected chi connectivity index (χ4v) is 4.49. The van der Waals surface area contributed by atoms with E-state index in [9.17, 15) is 0 Å². The minimum atomic E-state index is -0.200. The van der Waals surface area contributed by atoms with Crippen LogP contribution in [0.4, 0.5) is 5.13 Å². The molecule has 2 aliphatic heterocycles. The zero-order chi connectivity index (χ0) is 14.8. The van der Waals surface area contributed by atoms with Crippen molar-refractivity contribution in [1.29, 1.82) is 0 Å². The number of ether oxygens (including phenoxy) is 2. The summed E-state index contributed by atoms with van der Waals surface area (Å²) in [5, 5.41) is 3.22. The summed E-state index contributed by atoms with van der Waals surface area (Å²) in [4.78, 5) is 9.35. The number of hydrogen-bond donors (Lipinski definition) is 0. The van der Waals surface area contributed by atoms with Crippen molar-refractivity contribution in [1.82, 2.24) is 9.88 Å². The van der Waals surface area contributed by atoms with Gasteiger partial charge in [0.1, 0.15) is 0 Å². The van der Waals surface area contributed by atoms with E-state index in [-0.39, 0.29) is 5.79 Å². The lowest BCUT2D eigenvalue weighted by atomic mass is 10.2. The molecular weight excluding hydrogens is 298 g/mol. The molecule has 6 heteroatoms. The zero-order valence-electron chi connectivity index (χ0n) is 13.1. The second kappa shape index (κ2) is 6.43. The highest BCUT2D eigenvalue weighted by atomic mass is 32.1. The molecule has 0 aromatic carbocycles. The average Bonchev–Trinajstić information content (AvgIpc) is 3.29. The van der Waals surface area contributed by atoms with Crippen LogP contribution in [0.25, 0.3) is 0 Å². The summed E-state index contributed by atoms with van der Waals surface area (Å²) in [5.41, 5.74) is 0. The molecule has 3 aliphatic rings. The van der Waals surface area contributed by atoms with Gasteiger partial charge in [-0.05, 0) is 19.3 Å². The van der Waals surface area contributed by atoms with E-state index in [0.29, 0.717) is 6.10 Å². The predicted octanol–water partition coefficient (Wildman–Crippen LogP) is 2.34. The molecule has 1 aromatic rings. The Bertz CT molecular complexity index is 468. The van der Waals surface area contributed by atoms with E-state index in [0.717, 1.165) is 63.7 Å². The van der Waals surface area contributed by atoms with Crippen molar-refractivity contribution in [2.24, 2.45) is 0 Å². The summed E-state index contributed by atoms with van der Waals surface area (Å²) in [6.07, 6.45) is 7.99. The van der Waals surface area contributed by atoms with Crippen molar-refractivity contribution in [2.45, 2.75) is 44.0 Å². The topological polar surface area (TPSA) is 37.8 Å². The summed E-state index contributed by atoms with van der Waals surface area (Å²) in [6.45, 7) is 6.32. The standard InChI is InChI=1S/C16H25N3O2S/c1-2-5-16(4-1)20-13-14(21-16)3-7-18-8-10-19(11-9-18)15-17-6-12-22-15/h6,12,14H,1-5,7-11,13H2. The first-order valence-electron chi connectivity index (χ1n) is 8.52. The van der Waals surface area contributed by atoms with Crippen molar-refractivity contribution >= 4 is 16.5 Å². The van der Waals surface area contributed by atoms with Crippen LogP contribution in [-0.4, -0.2) is 61.1 Å². The fraction of sp³-hybridized carbons (Fsp3) is 0.812. The van der Waals surface area contributed by atoms with E-state index in [1.807, 2.05) is 6.20 Å². The first kappa shape index (κ1) is 14.9. The maximum Gasteiger partial charge on any atom is 0.185 e. The van der Waals surface area contributed by atoms with Gasteiger partial charge in [-0.3, -0.25) is 4.90 Å². The lowest BCUT2D eigenvalue weighted by Crippen LogP contribution is -2.47. The van der Waals surface area contributed by atoms with Gasteiger partial charge in [0.25, 0.3) is 0 Å². The molecule has 5 nitrogen and oxygen atoms in total. The van der Waals surface area contributed by atoms with E-state index >= 15 is 0 Å². The van der Waals surface area contributed by atoms with Crippen LogP contribution in [0, 0.1) is 0 Å². The van der Waals surface area contributed by atoms with E-state index < -0.39 is 0 Å². The number of aromatic nitrogens is 1. The van der Waals surface area contributed by atoms with Gasteiger partial charge in [0.05, 0.1) is 12.7 Å². The van der Waals surface area contributed by atoms with Gasteiger partial charge in [0, 0.05) is 57.1 Å². The van der Waals surface area contributed by atoms with E-state index in [4.69, 9.17) is 9.47 Å². The number of nitrogens with zero attached hydrogens (tertiary/aromatic N) is 3. The normalized spacial score (nSPS) is 28.7. The summed E-state index contributed by atoms with van der Waals surface area (Å²) >= 11 is 1.73. The first-order valence-corrected chi connectivity index (χ1v) is 9.40. The highest BCUT2D eigenvalue weighted by molar-refractivity contribution is 7.13. The van der Waals surface area contributed by atoms with Gasteiger partial charge in [-0.15, -0.1) is 11.3 Å². The molecular formula is C16H25N3O2S. The van der Waals surface area contributed by atoms with Crippen molar-refractivity contribution < 1.29 is 9.47 Å². The second-order valence-electron chi connectivity index (χ2n) is 6.60. The van der Waals surface area contributed by atoms with Gasteiger partial charge in [-0.2, -0.15) is 0 Å². The van der Waals surface area contributed by atoms with Crippen LogP contribution in [0.3, 0.4) is 0 Å². The molecule has 1 spiro atoms. The molecule has 3 heterocycles. The molecule has 122 valence electrons. The van der Waals surface area contributed by atoms with Crippen LogP contribution in [0.1, 0.15) is 32.1 Å². The molecule has 1 saturated carbocycles. The van der Waals surface area contributed by atoms with E-state index in [2.05, 4.69) is 20.2 Å². The maximum atomic E-state index is 6.21. The Kier molecular flexibility index (Phi) is 4.35. The summed E-state index contributed by atoms with van der Waals surface area (Å²) in [7, 11) is 0. The summed E-state index contributed by atoms with van der Waals surface area (Å²) < 4.78 is 12.2. The first-order chi connectivity index (χ1) is 10.8. The molecule has 0 N–H and O–H groups in total. The van der Waals surface area contributed by atoms with E-state index in [1.54, 1.807) is 11.3 Å². The van der Waals surface area contributed by atoms with Crippen LogP contribution in [0.5, 0.6) is 0 Å². The third-order valence-electron chi connectivity index (χ3n) is 5.11. The predicted molar refractivity (Wildman–Crippen MR) is 87.4 cm³/mol. The average molecular weight is 323 g/mol. The largest absolute Gasteiger partial charge is 0.347 e. The SMILES string of the molecule is c1csc(N2CCN(CCC3COC4(CCCC4)O3)CC2)n1. The molecule has 0 radical (unpaired) electrons. The van der Waals surface area contributed by atoms with Gasteiger partial charge in [-0.1, -0.05) is 0 Å². The third kappa shape index (κ3) is 3.15. The second-order valence-corrected chi connectivity index (χ2v) is 7.47. The quantitative estimate of drug-likeness (QED) is 0.850. The van der Waals surface area contributed by atoms with Crippen molar-refractivity contribution in [2.75, 3.05) is 44.2 Å². The maximum absolute atomic E-state index is 6.21. The molecule has 4 rings (SSSR count). The Morgan fingerprint density at radius 1 is 1.23 bits per heavy atom. The summed E-state index contributed by atoms with van der Waals surface area (Å²) in [6, 6.07) is 0. The van der Waals surface area contributed by atoms with Crippen LogP contribution >= 0.6 is 11.3 Å². The molecule has 1 aromatic heterocycles. The number of anilines is 1. The highest BCUT2D eigenvalue weighted by Gasteiger charge is 2.43. The summed E-state index contributed by atoms with van der Waals surface area (Å²) in [5.74, 6) is -0.200. The smallest absolute Gasteiger partial charge is 0.185 e. The number of piperazine rings is 1. The van der Waals surface area contributed by atoms with Gasteiger partial charge in [0.2, 0.25) is 0 Å². The van der Waals surface area contributed by atoms with Gasteiger partial charge in [0.15, 0.2) is 10.9 Å². The van der Waals surface area contributed by atoms with Gasteiger partial charge in [-0.25, -0.2) is 4.98 Å². The molecule has 1 atom stereocenters. The van der Waals surface area contributed by atoms with Gasteiger partial charge >= 0.3 is 0 Å². The Labute approximate surface area is 136 Å². The fourth-order valence-electron chi connectivity index (χ4n) is 3.80. The van der Waals surface area contributed by atoms with Crippen LogP contribution < -0.4 is 4.90 Å². The molecule has 0 bridgehead atoms. The monoisotopic (exact) mass is 323 g/mol. The minimum absolute atomic E-state index is 0.200. The third-order valence-corrected chi connectivity index (χ3v) is 5.94. The van der Waals surface area contributed by atoms with Crippen LogP contribution in [0.2, 0.25) is 0 Å². The minimum Gasteiger partial charge on any atom is -0.347 e. The Balaban J connectivity index is 1.20. The van der Waals surface area contributed by atoms with Crippen molar-refractivity contribution in [3.63, 3.8) is 0 Å². The Hall–Kier alpha value is -0.690. The Morgan fingerprint density at radius 2 is 2.05 bits per heavy atom. The number of hydrogen-bond acceptors (Lipinski definition) is 6. The lowest BCUT2D eigenvalue weighted by Gasteiger charge is -2.34. The molecule has 2 saturated heterocycles. The Morgan fingerprint density at radius 3 is 2.77 bits per heavy atom. The molecule has 0 amide bonds. The van der Waals surface area contributed by atoms with Crippen molar-refractivity contribution in [3.05, 3.63) is 11.6 Å². The van der Waals surface area contributed by atoms with Gasteiger partial charge < -0.3 is 14.4 Å². The lowest BCUT2D eigenvalue weighted by molar-refractivity contribution is -0.162. The molecule has 1 unspecified atom stereocenters. The number of thiazole rings is 1. The van der Waals surface area contributed by atoms with Crippen molar-refractivity contribution in [3.8, 4) is 0 Å². The zero-order valence-corrected chi connectivity index (χ0v) is 13.9. The van der Waals surface area contributed by atoms with Crippen LogP contribution in [-0.2, 0) is 9.47 Å². The van der Waals surface area contributed by atoms with E-state index in [1.165, 1.54) is 12.8 Å². The molecule has 1 aliphatic carbocycles.